The molecule has 1 aromatic rings. The monoisotopic (exact) mass is 321 g/mol. The van der Waals surface area contributed by atoms with Crippen LogP contribution in [0.5, 0.6) is 5.75 Å². The van der Waals surface area contributed by atoms with Gasteiger partial charge in [0.05, 0.1) is 20.1 Å². The summed E-state index contributed by atoms with van der Waals surface area (Å²) in [6.07, 6.45) is 1.28. The van der Waals surface area contributed by atoms with Crippen molar-refractivity contribution in [2.24, 2.45) is 0 Å². The molecule has 0 saturated heterocycles. The van der Waals surface area contributed by atoms with Crippen molar-refractivity contribution >= 4 is 11.9 Å². The summed E-state index contributed by atoms with van der Waals surface area (Å²) in [5.74, 6) is -0.432. The van der Waals surface area contributed by atoms with Gasteiger partial charge in [-0.1, -0.05) is 25.5 Å². The van der Waals surface area contributed by atoms with Crippen LogP contribution in [0.2, 0.25) is 0 Å². The molecule has 1 amide bonds. The number of carbonyl (C=O) groups is 2. The fourth-order valence-electron chi connectivity index (χ4n) is 2.64. The highest BCUT2D eigenvalue weighted by atomic mass is 16.5. The number of methoxy groups -OCH3 is 2. The van der Waals surface area contributed by atoms with Crippen LogP contribution in [-0.4, -0.2) is 31.6 Å². The first-order valence-electron chi connectivity index (χ1n) is 7.84. The summed E-state index contributed by atoms with van der Waals surface area (Å²) in [5, 5.41) is 2.84. The standard InChI is InChI=1S/C18H27NO4/c1-7-10-18(4,17(21)23-6)19-16(20)13(3)14-9-8-12(2)11-15(14)22-5/h8-9,11,13H,7,10H2,1-6H3,(H,19,20). The van der Waals surface area contributed by atoms with Gasteiger partial charge in [-0.15, -0.1) is 0 Å². The molecule has 0 aliphatic heterocycles. The lowest BCUT2D eigenvalue weighted by molar-refractivity contribution is -0.150. The lowest BCUT2D eigenvalue weighted by Crippen LogP contribution is -2.53. The second kappa shape index (κ2) is 7.99. The maximum Gasteiger partial charge on any atom is 0.331 e. The number of ether oxygens (including phenoxy) is 2. The molecule has 5 nitrogen and oxygen atoms in total. The molecule has 0 aliphatic rings. The predicted molar refractivity (Wildman–Crippen MR) is 89.6 cm³/mol. The summed E-state index contributed by atoms with van der Waals surface area (Å²) >= 11 is 0. The third-order valence-corrected chi connectivity index (χ3v) is 4.03. The minimum atomic E-state index is -1.02. The zero-order valence-corrected chi connectivity index (χ0v) is 14.9. The van der Waals surface area contributed by atoms with Gasteiger partial charge in [0.15, 0.2) is 0 Å². The van der Waals surface area contributed by atoms with Crippen molar-refractivity contribution < 1.29 is 19.1 Å². The summed E-state index contributed by atoms with van der Waals surface area (Å²) in [6.45, 7) is 7.41. The lowest BCUT2D eigenvalue weighted by atomic mass is 9.92. The van der Waals surface area contributed by atoms with Crippen LogP contribution in [0.25, 0.3) is 0 Å². The van der Waals surface area contributed by atoms with E-state index >= 15 is 0 Å². The second-order valence-corrected chi connectivity index (χ2v) is 6.03. The Bertz CT molecular complexity index is 570. The first-order valence-corrected chi connectivity index (χ1v) is 7.84. The summed E-state index contributed by atoms with van der Waals surface area (Å²) in [4.78, 5) is 24.7. The number of amides is 1. The number of benzene rings is 1. The third kappa shape index (κ3) is 4.47. The smallest absolute Gasteiger partial charge is 0.331 e. The van der Waals surface area contributed by atoms with Crippen LogP contribution in [-0.2, 0) is 14.3 Å². The first kappa shape index (κ1) is 19.0. The molecule has 2 atom stereocenters. The number of rotatable bonds is 7. The maximum absolute atomic E-state index is 12.6. The molecule has 0 fully saturated rings. The highest BCUT2D eigenvalue weighted by Gasteiger charge is 2.36. The van der Waals surface area contributed by atoms with Gasteiger partial charge >= 0.3 is 5.97 Å². The summed E-state index contributed by atoms with van der Waals surface area (Å²) in [7, 11) is 2.91. The van der Waals surface area contributed by atoms with Crippen molar-refractivity contribution in [3.8, 4) is 5.75 Å². The Morgan fingerprint density at radius 3 is 2.48 bits per heavy atom. The Hall–Kier alpha value is -2.04. The van der Waals surface area contributed by atoms with Crippen molar-refractivity contribution in [2.45, 2.75) is 52.0 Å². The summed E-state index contributed by atoms with van der Waals surface area (Å²) in [5.41, 5.74) is 0.829. The van der Waals surface area contributed by atoms with Gasteiger partial charge in [0, 0.05) is 5.56 Å². The number of nitrogens with one attached hydrogen (secondary N) is 1. The molecule has 23 heavy (non-hydrogen) atoms. The van der Waals surface area contributed by atoms with Crippen LogP contribution in [0.4, 0.5) is 0 Å². The zero-order valence-electron chi connectivity index (χ0n) is 14.9. The molecule has 0 radical (unpaired) electrons. The number of hydrogen-bond acceptors (Lipinski definition) is 4. The van der Waals surface area contributed by atoms with Crippen molar-refractivity contribution in [2.75, 3.05) is 14.2 Å². The van der Waals surface area contributed by atoms with Gasteiger partial charge in [-0.2, -0.15) is 0 Å². The molecular formula is C18H27NO4. The van der Waals surface area contributed by atoms with E-state index in [-0.39, 0.29) is 5.91 Å². The maximum atomic E-state index is 12.6. The topological polar surface area (TPSA) is 64.6 Å². The number of aryl methyl sites for hydroxylation is 1. The number of hydrogen-bond donors (Lipinski definition) is 1. The van der Waals surface area contributed by atoms with Gasteiger partial charge in [0.25, 0.3) is 0 Å². The molecule has 0 bridgehead atoms. The predicted octanol–water partition coefficient (Wildman–Crippen LogP) is 2.96. The molecule has 0 saturated carbocycles. The third-order valence-electron chi connectivity index (χ3n) is 4.03. The van der Waals surface area contributed by atoms with E-state index in [4.69, 9.17) is 9.47 Å². The van der Waals surface area contributed by atoms with E-state index in [2.05, 4.69) is 5.32 Å². The first-order chi connectivity index (χ1) is 10.8. The number of carbonyl (C=O) groups excluding carboxylic acids is 2. The highest BCUT2D eigenvalue weighted by Crippen LogP contribution is 2.28. The highest BCUT2D eigenvalue weighted by molar-refractivity contribution is 5.91. The van der Waals surface area contributed by atoms with Crippen molar-refractivity contribution in [1.29, 1.82) is 0 Å². The molecule has 0 spiro atoms. The Kier molecular flexibility index (Phi) is 6.61. The Morgan fingerprint density at radius 2 is 1.96 bits per heavy atom. The van der Waals surface area contributed by atoms with Crippen molar-refractivity contribution in [3.63, 3.8) is 0 Å². The van der Waals surface area contributed by atoms with Gasteiger partial charge in [-0.25, -0.2) is 4.79 Å². The van der Waals surface area contributed by atoms with Gasteiger partial charge < -0.3 is 14.8 Å². The van der Waals surface area contributed by atoms with Gasteiger partial charge in [0.2, 0.25) is 5.91 Å². The summed E-state index contributed by atoms with van der Waals surface area (Å²) in [6, 6.07) is 5.71. The van der Waals surface area contributed by atoms with Crippen molar-refractivity contribution in [3.05, 3.63) is 29.3 Å². The van der Waals surface area contributed by atoms with E-state index in [9.17, 15) is 9.59 Å². The van der Waals surface area contributed by atoms with E-state index in [0.29, 0.717) is 12.2 Å². The quantitative estimate of drug-likeness (QED) is 0.784. The van der Waals surface area contributed by atoms with Gasteiger partial charge in [0.1, 0.15) is 11.3 Å². The number of esters is 1. The normalized spacial score (nSPS) is 14.5. The molecule has 1 aromatic carbocycles. The lowest BCUT2D eigenvalue weighted by Gasteiger charge is -2.29. The van der Waals surface area contributed by atoms with E-state index in [1.165, 1.54) is 7.11 Å². The molecule has 1 N–H and O–H groups in total. The Balaban J connectivity index is 3.02. The van der Waals surface area contributed by atoms with Crippen LogP contribution in [0.15, 0.2) is 18.2 Å². The molecule has 1 rings (SSSR count). The molecule has 128 valence electrons. The van der Waals surface area contributed by atoms with Crippen LogP contribution in [0.1, 0.15) is 50.7 Å². The van der Waals surface area contributed by atoms with Gasteiger partial charge in [-0.05, 0) is 38.8 Å². The van der Waals surface area contributed by atoms with Crippen LogP contribution in [0, 0.1) is 6.92 Å². The fraction of sp³-hybridized carbons (Fsp3) is 0.556. The molecule has 0 heterocycles. The van der Waals surface area contributed by atoms with Crippen molar-refractivity contribution in [1.82, 2.24) is 5.32 Å². The van der Waals surface area contributed by atoms with Crippen LogP contribution >= 0.6 is 0 Å². The minimum Gasteiger partial charge on any atom is -0.496 e. The second-order valence-electron chi connectivity index (χ2n) is 6.03. The molecule has 2 unspecified atom stereocenters. The average molecular weight is 321 g/mol. The SMILES string of the molecule is CCCC(C)(NC(=O)C(C)c1ccc(C)cc1OC)C(=O)OC. The minimum absolute atomic E-state index is 0.228. The Labute approximate surface area is 138 Å². The zero-order chi connectivity index (χ0) is 17.6. The van der Waals surface area contributed by atoms with E-state index in [1.807, 2.05) is 32.0 Å². The fourth-order valence-corrected chi connectivity index (χ4v) is 2.64. The van der Waals surface area contributed by atoms with Gasteiger partial charge in [-0.3, -0.25) is 4.79 Å². The van der Waals surface area contributed by atoms with E-state index < -0.39 is 17.4 Å². The Morgan fingerprint density at radius 1 is 1.30 bits per heavy atom. The average Bonchev–Trinajstić information content (AvgIpc) is 2.53. The molecule has 5 heteroatoms. The molecule has 0 aromatic heterocycles. The molecular weight excluding hydrogens is 294 g/mol. The largest absolute Gasteiger partial charge is 0.496 e. The van der Waals surface area contributed by atoms with Crippen LogP contribution in [0.3, 0.4) is 0 Å². The summed E-state index contributed by atoms with van der Waals surface area (Å²) < 4.78 is 10.2. The molecule has 0 aliphatic carbocycles. The van der Waals surface area contributed by atoms with Crippen LogP contribution < -0.4 is 10.1 Å². The van der Waals surface area contributed by atoms with E-state index in [1.54, 1.807) is 21.0 Å². The van der Waals surface area contributed by atoms with E-state index in [0.717, 1.165) is 17.5 Å².